The van der Waals surface area contributed by atoms with Crippen LogP contribution in [0.15, 0.2) is 4.42 Å². The van der Waals surface area contributed by atoms with Crippen molar-refractivity contribution >= 4 is 6.01 Å². The van der Waals surface area contributed by atoms with Gasteiger partial charge in [0.15, 0.2) is 0 Å². The maximum Gasteiger partial charge on any atom is 0.315 e. The van der Waals surface area contributed by atoms with E-state index in [0.29, 0.717) is 24.5 Å². The Bertz CT molecular complexity index is 339. The normalized spacial score (nSPS) is 24.8. The van der Waals surface area contributed by atoms with E-state index in [1.54, 1.807) is 0 Å². The van der Waals surface area contributed by atoms with E-state index in [-0.39, 0.29) is 0 Å². The lowest BCUT2D eigenvalue weighted by atomic mass is 9.83. The number of aromatic nitrogens is 2. The lowest BCUT2D eigenvalue weighted by Gasteiger charge is -2.30. The predicted octanol–water partition coefficient (Wildman–Crippen LogP) is 2.17. The molecule has 2 atom stereocenters. The zero-order chi connectivity index (χ0) is 12.1. The fraction of sp³-hybridized carbons (Fsp3) is 0.833. The Morgan fingerprint density at radius 3 is 2.88 bits per heavy atom. The van der Waals surface area contributed by atoms with Gasteiger partial charge in [-0.25, -0.2) is 0 Å². The molecular formula is C12H22N4O. The third-order valence-corrected chi connectivity index (χ3v) is 3.54. The van der Waals surface area contributed by atoms with Gasteiger partial charge >= 0.3 is 6.01 Å². The number of hydrogen-bond donors (Lipinski definition) is 2. The SMILES string of the molecule is CCC1CCCCC1Nc1nnc(CNC)o1. The van der Waals surface area contributed by atoms with Gasteiger partial charge in [-0.1, -0.05) is 31.3 Å². The smallest absolute Gasteiger partial charge is 0.315 e. The molecule has 17 heavy (non-hydrogen) atoms. The fourth-order valence-electron chi connectivity index (χ4n) is 2.58. The van der Waals surface area contributed by atoms with Crippen LogP contribution in [0.5, 0.6) is 0 Å². The molecule has 0 amide bonds. The third kappa shape index (κ3) is 3.19. The molecule has 0 aliphatic heterocycles. The molecule has 1 aromatic heterocycles. The molecule has 5 nitrogen and oxygen atoms in total. The summed E-state index contributed by atoms with van der Waals surface area (Å²) < 4.78 is 5.52. The standard InChI is InChI=1S/C12H22N4O/c1-3-9-6-4-5-7-10(9)14-12-16-15-11(17-12)8-13-2/h9-10,13H,3-8H2,1-2H3,(H,14,16). The minimum atomic E-state index is 0.497. The Morgan fingerprint density at radius 2 is 2.12 bits per heavy atom. The van der Waals surface area contributed by atoms with Crippen molar-refractivity contribution in [3.8, 4) is 0 Å². The molecule has 5 heteroatoms. The molecule has 96 valence electrons. The molecule has 1 fully saturated rings. The second kappa shape index (κ2) is 6.00. The fourth-order valence-corrected chi connectivity index (χ4v) is 2.58. The summed E-state index contributed by atoms with van der Waals surface area (Å²) in [6.07, 6.45) is 6.39. The first-order valence-electron chi connectivity index (χ1n) is 6.57. The van der Waals surface area contributed by atoms with Crippen LogP contribution in [0, 0.1) is 5.92 Å². The summed E-state index contributed by atoms with van der Waals surface area (Å²) in [6.45, 7) is 2.88. The van der Waals surface area contributed by atoms with Crippen LogP contribution in [0.1, 0.15) is 44.9 Å². The van der Waals surface area contributed by atoms with Crippen LogP contribution >= 0.6 is 0 Å². The van der Waals surface area contributed by atoms with Crippen LogP contribution in [0.4, 0.5) is 6.01 Å². The summed E-state index contributed by atoms with van der Waals surface area (Å²) >= 11 is 0. The minimum absolute atomic E-state index is 0.497. The monoisotopic (exact) mass is 238 g/mol. The van der Waals surface area contributed by atoms with E-state index in [4.69, 9.17) is 4.42 Å². The molecule has 2 N–H and O–H groups in total. The van der Waals surface area contributed by atoms with Gasteiger partial charge in [0.2, 0.25) is 5.89 Å². The van der Waals surface area contributed by atoms with Gasteiger partial charge in [-0.3, -0.25) is 0 Å². The quantitative estimate of drug-likeness (QED) is 0.823. The Balaban J connectivity index is 1.93. The second-order valence-corrected chi connectivity index (χ2v) is 4.73. The molecule has 0 spiro atoms. The lowest BCUT2D eigenvalue weighted by Crippen LogP contribution is -2.31. The zero-order valence-corrected chi connectivity index (χ0v) is 10.7. The molecule has 0 radical (unpaired) electrons. The Kier molecular flexibility index (Phi) is 4.36. The van der Waals surface area contributed by atoms with Gasteiger partial charge in [-0.05, 0) is 25.8 Å². The van der Waals surface area contributed by atoms with Crippen molar-refractivity contribution in [2.75, 3.05) is 12.4 Å². The van der Waals surface area contributed by atoms with E-state index in [2.05, 4.69) is 27.8 Å². The Hall–Kier alpha value is -1.10. The van der Waals surface area contributed by atoms with Gasteiger partial charge in [0.1, 0.15) is 0 Å². The van der Waals surface area contributed by atoms with Gasteiger partial charge < -0.3 is 15.1 Å². The molecule has 1 saturated carbocycles. The summed E-state index contributed by atoms with van der Waals surface area (Å²) in [5, 5.41) is 14.4. The maximum atomic E-state index is 5.52. The molecule has 0 saturated heterocycles. The van der Waals surface area contributed by atoms with Gasteiger partial charge in [0, 0.05) is 6.04 Å². The van der Waals surface area contributed by atoms with E-state index in [9.17, 15) is 0 Å². The van der Waals surface area contributed by atoms with E-state index in [0.717, 1.165) is 5.92 Å². The van der Waals surface area contributed by atoms with Crippen LogP contribution in [-0.4, -0.2) is 23.3 Å². The molecule has 0 aromatic carbocycles. The van der Waals surface area contributed by atoms with Gasteiger partial charge in [-0.15, -0.1) is 5.10 Å². The highest BCUT2D eigenvalue weighted by atomic mass is 16.4. The number of rotatable bonds is 5. The van der Waals surface area contributed by atoms with Crippen molar-refractivity contribution in [1.82, 2.24) is 15.5 Å². The molecule has 2 rings (SSSR count). The van der Waals surface area contributed by atoms with Gasteiger partial charge in [0.05, 0.1) is 6.54 Å². The van der Waals surface area contributed by atoms with E-state index in [1.807, 2.05) is 7.05 Å². The topological polar surface area (TPSA) is 63.0 Å². The van der Waals surface area contributed by atoms with Gasteiger partial charge in [0.25, 0.3) is 0 Å². The summed E-state index contributed by atoms with van der Waals surface area (Å²) in [7, 11) is 1.87. The third-order valence-electron chi connectivity index (χ3n) is 3.54. The summed E-state index contributed by atoms with van der Waals surface area (Å²) in [4.78, 5) is 0. The average molecular weight is 238 g/mol. The minimum Gasteiger partial charge on any atom is -0.407 e. The number of nitrogens with zero attached hydrogens (tertiary/aromatic N) is 2. The van der Waals surface area contributed by atoms with Crippen molar-refractivity contribution in [1.29, 1.82) is 0 Å². The molecule has 1 aliphatic carbocycles. The zero-order valence-electron chi connectivity index (χ0n) is 10.7. The first kappa shape index (κ1) is 12.4. The highest BCUT2D eigenvalue weighted by molar-refractivity contribution is 5.20. The van der Waals surface area contributed by atoms with Crippen molar-refractivity contribution in [3.05, 3.63) is 5.89 Å². The van der Waals surface area contributed by atoms with Crippen LogP contribution in [0.3, 0.4) is 0 Å². The number of anilines is 1. The highest BCUT2D eigenvalue weighted by Gasteiger charge is 2.24. The van der Waals surface area contributed by atoms with Crippen LogP contribution < -0.4 is 10.6 Å². The average Bonchev–Trinajstić information content (AvgIpc) is 2.78. The van der Waals surface area contributed by atoms with E-state index < -0.39 is 0 Å². The van der Waals surface area contributed by atoms with Crippen molar-refractivity contribution in [2.24, 2.45) is 5.92 Å². The summed E-state index contributed by atoms with van der Waals surface area (Å²) in [5.74, 6) is 1.38. The first-order chi connectivity index (χ1) is 8.33. The first-order valence-corrected chi connectivity index (χ1v) is 6.57. The lowest BCUT2D eigenvalue weighted by molar-refractivity contribution is 0.311. The van der Waals surface area contributed by atoms with Crippen LogP contribution in [0.2, 0.25) is 0 Å². The highest BCUT2D eigenvalue weighted by Crippen LogP contribution is 2.28. The second-order valence-electron chi connectivity index (χ2n) is 4.73. The molecular weight excluding hydrogens is 216 g/mol. The van der Waals surface area contributed by atoms with E-state index >= 15 is 0 Å². The van der Waals surface area contributed by atoms with Crippen LogP contribution in [0.25, 0.3) is 0 Å². The van der Waals surface area contributed by atoms with Gasteiger partial charge in [-0.2, -0.15) is 0 Å². The molecule has 2 unspecified atom stereocenters. The Labute approximate surface area is 102 Å². The number of hydrogen-bond acceptors (Lipinski definition) is 5. The van der Waals surface area contributed by atoms with Crippen LogP contribution in [-0.2, 0) is 6.54 Å². The number of nitrogens with one attached hydrogen (secondary N) is 2. The molecule has 0 bridgehead atoms. The Morgan fingerprint density at radius 1 is 1.29 bits per heavy atom. The van der Waals surface area contributed by atoms with E-state index in [1.165, 1.54) is 32.1 Å². The molecule has 1 aliphatic rings. The largest absolute Gasteiger partial charge is 0.407 e. The maximum absolute atomic E-state index is 5.52. The molecule has 1 heterocycles. The summed E-state index contributed by atoms with van der Waals surface area (Å²) in [6, 6.07) is 1.07. The van der Waals surface area contributed by atoms with Crippen molar-refractivity contribution < 1.29 is 4.42 Å². The van der Waals surface area contributed by atoms with Crippen molar-refractivity contribution in [2.45, 2.75) is 51.6 Å². The summed E-state index contributed by atoms with van der Waals surface area (Å²) in [5.41, 5.74) is 0. The van der Waals surface area contributed by atoms with Crippen molar-refractivity contribution in [3.63, 3.8) is 0 Å². The molecule has 1 aromatic rings. The predicted molar refractivity (Wildman–Crippen MR) is 66.7 cm³/mol.